The molecule has 0 radical (unpaired) electrons. The van der Waals surface area contributed by atoms with Gasteiger partial charge in [0, 0.05) is 5.38 Å². The third kappa shape index (κ3) is 2.74. The average molecular weight is 289 g/mol. The maximum Gasteiger partial charge on any atom is 0.241 e. The molecule has 2 aromatic rings. The lowest BCUT2D eigenvalue weighted by molar-refractivity contribution is -0.113. The number of anilines is 2. The average Bonchev–Trinajstić information content (AvgIpc) is 2.85. The number of nitrogens with two attached hydrogens (primary N) is 1. The van der Waals surface area contributed by atoms with Crippen molar-refractivity contribution in [1.82, 2.24) is 9.97 Å². The van der Waals surface area contributed by atoms with Crippen LogP contribution in [0.1, 0.15) is 5.69 Å². The largest absolute Gasteiger partial charge is 0.375 e. The standard InChI is InChI=1S/C9H9ClN4OS2/c1-4-7(5-3-16-8(11)13-5)17-9(12-4)14-6(15)2-10/h3H,2H2,1H3,(H2,11,13)(H,12,14,15). The summed E-state index contributed by atoms with van der Waals surface area (Å²) in [7, 11) is 0. The molecule has 0 aliphatic rings. The molecule has 0 spiro atoms. The number of nitrogens with one attached hydrogen (secondary N) is 1. The number of halogens is 1. The van der Waals surface area contributed by atoms with Gasteiger partial charge in [0.05, 0.1) is 16.3 Å². The van der Waals surface area contributed by atoms with E-state index in [4.69, 9.17) is 17.3 Å². The molecule has 0 aromatic carbocycles. The molecule has 2 heterocycles. The van der Waals surface area contributed by atoms with Crippen LogP contribution in [0.4, 0.5) is 10.3 Å². The third-order valence-corrected chi connectivity index (χ3v) is 3.93. The Labute approximate surface area is 111 Å². The van der Waals surface area contributed by atoms with E-state index in [1.807, 2.05) is 12.3 Å². The van der Waals surface area contributed by atoms with Gasteiger partial charge in [-0.2, -0.15) is 0 Å². The van der Waals surface area contributed by atoms with Gasteiger partial charge in [-0.15, -0.1) is 22.9 Å². The number of amides is 1. The summed E-state index contributed by atoms with van der Waals surface area (Å²) in [6.45, 7) is 1.86. The van der Waals surface area contributed by atoms with Crippen LogP contribution in [-0.4, -0.2) is 21.8 Å². The fraction of sp³-hybridized carbons (Fsp3) is 0.222. The van der Waals surface area contributed by atoms with Crippen LogP contribution in [0.15, 0.2) is 5.38 Å². The van der Waals surface area contributed by atoms with E-state index in [9.17, 15) is 4.79 Å². The van der Waals surface area contributed by atoms with E-state index in [1.165, 1.54) is 22.7 Å². The van der Waals surface area contributed by atoms with E-state index >= 15 is 0 Å². The zero-order chi connectivity index (χ0) is 12.4. The Morgan fingerprint density at radius 3 is 2.94 bits per heavy atom. The Bertz CT molecular complexity index is 551. The molecule has 5 nitrogen and oxygen atoms in total. The Balaban J connectivity index is 2.28. The Hall–Kier alpha value is -1.18. The predicted octanol–water partition coefficient (Wildman–Crippen LogP) is 2.33. The second-order valence-corrected chi connectivity index (χ2v) is 5.34. The lowest BCUT2D eigenvalue weighted by Gasteiger charge is -1.94. The monoisotopic (exact) mass is 288 g/mol. The number of aryl methyl sites for hydroxylation is 1. The summed E-state index contributed by atoms with van der Waals surface area (Å²) in [6, 6.07) is 0. The first-order valence-electron chi connectivity index (χ1n) is 4.64. The molecule has 0 saturated heterocycles. The minimum Gasteiger partial charge on any atom is -0.375 e. The SMILES string of the molecule is Cc1nc(NC(=O)CCl)sc1-c1csc(N)n1. The number of hydrogen-bond acceptors (Lipinski definition) is 6. The van der Waals surface area contributed by atoms with Crippen LogP contribution in [0.5, 0.6) is 0 Å². The predicted molar refractivity (Wildman–Crippen MR) is 71.7 cm³/mol. The number of nitrogens with zero attached hydrogens (tertiary/aromatic N) is 2. The van der Waals surface area contributed by atoms with E-state index in [0.717, 1.165) is 16.3 Å². The van der Waals surface area contributed by atoms with Crippen molar-refractivity contribution >= 4 is 50.4 Å². The number of hydrogen-bond donors (Lipinski definition) is 2. The molecule has 0 aliphatic heterocycles. The van der Waals surface area contributed by atoms with Crippen molar-refractivity contribution in [1.29, 1.82) is 0 Å². The van der Waals surface area contributed by atoms with E-state index in [1.54, 1.807) is 0 Å². The number of carbonyl (C=O) groups excluding carboxylic acids is 1. The lowest BCUT2D eigenvalue weighted by Crippen LogP contribution is -2.12. The van der Waals surface area contributed by atoms with Crippen LogP contribution >= 0.6 is 34.3 Å². The van der Waals surface area contributed by atoms with Crippen molar-refractivity contribution < 1.29 is 4.79 Å². The number of alkyl halides is 1. The molecule has 90 valence electrons. The van der Waals surface area contributed by atoms with E-state index in [-0.39, 0.29) is 11.8 Å². The molecular weight excluding hydrogens is 280 g/mol. The van der Waals surface area contributed by atoms with Crippen LogP contribution < -0.4 is 11.1 Å². The Kier molecular flexibility index (Phi) is 3.60. The first-order valence-corrected chi connectivity index (χ1v) is 6.88. The third-order valence-electron chi connectivity index (χ3n) is 1.92. The fourth-order valence-electron chi connectivity index (χ4n) is 1.23. The molecule has 17 heavy (non-hydrogen) atoms. The minimum atomic E-state index is -0.273. The molecule has 1 amide bonds. The fourth-order valence-corrected chi connectivity index (χ4v) is 2.87. The summed E-state index contributed by atoms with van der Waals surface area (Å²) in [5, 5.41) is 5.51. The van der Waals surface area contributed by atoms with Crippen molar-refractivity contribution in [2.75, 3.05) is 16.9 Å². The van der Waals surface area contributed by atoms with Gasteiger partial charge in [-0.05, 0) is 6.92 Å². The lowest BCUT2D eigenvalue weighted by atomic mass is 10.3. The molecular formula is C9H9ClN4OS2. The number of nitrogen functional groups attached to an aromatic ring is 1. The van der Waals surface area contributed by atoms with Gasteiger partial charge >= 0.3 is 0 Å². The first kappa shape index (κ1) is 12.3. The first-order chi connectivity index (χ1) is 8.10. The second kappa shape index (κ2) is 4.99. The number of carbonyl (C=O) groups is 1. The van der Waals surface area contributed by atoms with Gasteiger partial charge in [0.2, 0.25) is 5.91 Å². The van der Waals surface area contributed by atoms with Gasteiger partial charge in [0.15, 0.2) is 10.3 Å². The molecule has 2 rings (SSSR count). The highest BCUT2D eigenvalue weighted by atomic mass is 35.5. The van der Waals surface area contributed by atoms with Gasteiger partial charge < -0.3 is 11.1 Å². The zero-order valence-corrected chi connectivity index (χ0v) is 11.2. The van der Waals surface area contributed by atoms with Gasteiger partial charge in [0.25, 0.3) is 0 Å². The number of rotatable bonds is 3. The highest BCUT2D eigenvalue weighted by Gasteiger charge is 2.13. The number of thiazole rings is 2. The Morgan fingerprint density at radius 2 is 2.35 bits per heavy atom. The van der Waals surface area contributed by atoms with Crippen molar-refractivity contribution in [3.05, 3.63) is 11.1 Å². The van der Waals surface area contributed by atoms with Crippen molar-refractivity contribution in [2.24, 2.45) is 0 Å². The van der Waals surface area contributed by atoms with Gasteiger partial charge in [-0.1, -0.05) is 11.3 Å². The van der Waals surface area contributed by atoms with Gasteiger partial charge in [-0.25, -0.2) is 9.97 Å². The Morgan fingerprint density at radius 1 is 1.59 bits per heavy atom. The molecule has 0 atom stereocenters. The van der Waals surface area contributed by atoms with E-state index in [2.05, 4.69) is 15.3 Å². The highest BCUT2D eigenvalue weighted by molar-refractivity contribution is 7.19. The van der Waals surface area contributed by atoms with Crippen LogP contribution in [0, 0.1) is 6.92 Å². The molecule has 0 bridgehead atoms. The molecule has 0 saturated carbocycles. The summed E-state index contributed by atoms with van der Waals surface area (Å²) in [5.74, 6) is -0.359. The number of aromatic nitrogens is 2. The highest BCUT2D eigenvalue weighted by Crippen LogP contribution is 2.33. The van der Waals surface area contributed by atoms with Gasteiger partial charge in [-0.3, -0.25) is 4.79 Å². The summed E-state index contributed by atoms with van der Waals surface area (Å²) in [5.41, 5.74) is 7.18. The van der Waals surface area contributed by atoms with Crippen molar-refractivity contribution in [2.45, 2.75) is 6.92 Å². The maximum absolute atomic E-state index is 11.1. The second-order valence-electron chi connectivity index (χ2n) is 3.19. The summed E-state index contributed by atoms with van der Waals surface area (Å²) in [6.07, 6.45) is 0. The molecule has 0 aliphatic carbocycles. The van der Waals surface area contributed by atoms with Gasteiger partial charge in [0.1, 0.15) is 5.88 Å². The van der Waals surface area contributed by atoms with Crippen LogP contribution in [-0.2, 0) is 4.79 Å². The summed E-state index contributed by atoms with van der Waals surface area (Å²) >= 11 is 8.14. The van der Waals surface area contributed by atoms with E-state index < -0.39 is 0 Å². The quantitative estimate of drug-likeness (QED) is 0.850. The van der Waals surface area contributed by atoms with Crippen LogP contribution in [0.2, 0.25) is 0 Å². The minimum absolute atomic E-state index is 0.0857. The van der Waals surface area contributed by atoms with Crippen molar-refractivity contribution in [3.63, 3.8) is 0 Å². The normalized spacial score (nSPS) is 10.5. The maximum atomic E-state index is 11.1. The summed E-state index contributed by atoms with van der Waals surface area (Å²) in [4.78, 5) is 20.5. The molecule has 0 fully saturated rings. The molecule has 3 N–H and O–H groups in total. The zero-order valence-electron chi connectivity index (χ0n) is 8.86. The van der Waals surface area contributed by atoms with Crippen LogP contribution in [0.25, 0.3) is 10.6 Å². The molecule has 0 unspecified atom stereocenters. The van der Waals surface area contributed by atoms with Crippen molar-refractivity contribution in [3.8, 4) is 10.6 Å². The summed E-state index contributed by atoms with van der Waals surface area (Å²) < 4.78 is 0. The van der Waals surface area contributed by atoms with Crippen LogP contribution in [0.3, 0.4) is 0 Å². The molecule has 8 heteroatoms. The topological polar surface area (TPSA) is 80.9 Å². The van der Waals surface area contributed by atoms with E-state index in [0.29, 0.717) is 10.3 Å². The smallest absolute Gasteiger partial charge is 0.241 e. The molecule has 2 aromatic heterocycles.